The van der Waals surface area contributed by atoms with Crippen molar-refractivity contribution >= 4 is 17.9 Å². The van der Waals surface area contributed by atoms with E-state index >= 15 is 0 Å². The second-order valence-electron chi connectivity index (χ2n) is 5.32. The number of amides is 3. The summed E-state index contributed by atoms with van der Waals surface area (Å²) >= 11 is 0. The van der Waals surface area contributed by atoms with Crippen molar-refractivity contribution in [3.63, 3.8) is 0 Å². The lowest BCUT2D eigenvalue weighted by Crippen LogP contribution is -2.38. The predicted octanol–water partition coefficient (Wildman–Crippen LogP) is 1.14. The summed E-state index contributed by atoms with van der Waals surface area (Å²) < 4.78 is 51.0. The van der Waals surface area contributed by atoms with Crippen molar-refractivity contribution in [2.24, 2.45) is 0 Å². The summed E-state index contributed by atoms with van der Waals surface area (Å²) in [4.78, 5) is 38.8. The minimum Gasteiger partial charge on any atom is -0.462 e. The number of halogens is 4. The molecule has 2 unspecified atom stereocenters. The molecule has 0 aromatic carbocycles. The number of ether oxygens (including phenoxy) is 1. The highest BCUT2D eigenvalue weighted by Gasteiger charge is 2.42. The van der Waals surface area contributed by atoms with Gasteiger partial charge in [0, 0.05) is 20.1 Å². The molecule has 3 amide bonds. The molecule has 2 aliphatic rings. The molecule has 0 aromatic rings. The monoisotopic (exact) mass is 385 g/mol. The number of carbonyl (C=O) groups is 3. The lowest BCUT2D eigenvalue weighted by Gasteiger charge is -2.21. The van der Waals surface area contributed by atoms with Crippen LogP contribution >= 0.6 is 0 Å². The summed E-state index contributed by atoms with van der Waals surface area (Å²) in [5.74, 6) is -3.04. The lowest BCUT2D eigenvalue weighted by atomic mass is 10.1. The zero-order chi connectivity index (χ0) is 20.1. The molecular weight excluding hydrogens is 366 g/mol. The fourth-order valence-electron chi connectivity index (χ4n) is 2.21. The second-order valence-corrected chi connectivity index (χ2v) is 5.32. The molecule has 0 aliphatic carbocycles. The first kappa shape index (κ1) is 21.7. The van der Waals surface area contributed by atoms with E-state index in [0.717, 1.165) is 17.7 Å². The van der Waals surface area contributed by atoms with Crippen LogP contribution in [0.4, 0.5) is 22.4 Å². The SMILES string of the molecule is CCOC(=O)C(F)ON1C(=O)N2CC(C)=CC1C2.CNC(=O)C(F)(F)F. The third-order valence-corrected chi connectivity index (χ3v) is 3.25. The molecule has 12 heteroatoms. The number of nitrogens with zero attached hydrogens (tertiary/aromatic N) is 2. The van der Waals surface area contributed by atoms with E-state index in [9.17, 15) is 31.9 Å². The van der Waals surface area contributed by atoms with Gasteiger partial charge in [0.1, 0.15) is 0 Å². The molecular formula is C14H19F4N3O5. The topological polar surface area (TPSA) is 88.2 Å². The summed E-state index contributed by atoms with van der Waals surface area (Å²) in [7, 11) is 0.926. The van der Waals surface area contributed by atoms with Crippen LogP contribution in [-0.2, 0) is 19.2 Å². The summed E-state index contributed by atoms with van der Waals surface area (Å²) in [6.07, 6.45) is -5.18. The Kier molecular flexibility index (Phi) is 7.36. The normalized spacial score (nSPS) is 20.0. The first-order valence-electron chi connectivity index (χ1n) is 7.53. The van der Waals surface area contributed by atoms with Gasteiger partial charge in [-0.15, -0.1) is 0 Å². The van der Waals surface area contributed by atoms with Crippen LogP contribution in [0.25, 0.3) is 0 Å². The number of urea groups is 1. The van der Waals surface area contributed by atoms with E-state index in [0.29, 0.717) is 13.1 Å². The van der Waals surface area contributed by atoms with Crippen molar-refractivity contribution in [1.82, 2.24) is 15.3 Å². The number of hydrogen-bond acceptors (Lipinski definition) is 5. The van der Waals surface area contributed by atoms with Gasteiger partial charge in [-0.3, -0.25) is 4.79 Å². The van der Waals surface area contributed by atoms with E-state index in [2.05, 4.69) is 4.74 Å². The van der Waals surface area contributed by atoms with E-state index in [1.807, 2.05) is 13.0 Å². The van der Waals surface area contributed by atoms with Gasteiger partial charge in [-0.05, 0) is 13.8 Å². The number of hydroxylamine groups is 2. The van der Waals surface area contributed by atoms with Crippen molar-refractivity contribution in [3.05, 3.63) is 11.6 Å². The Labute approximate surface area is 146 Å². The van der Waals surface area contributed by atoms with Crippen LogP contribution in [0.3, 0.4) is 0 Å². The largest absolute Gasteiger partial charge is 0.471 e. The van der Waals surface area contributed by atoms with Crippen molar-refractivity contribution in [2.75, 3.05) is 26.7 Å². The van der Waals surface area contributed by atoms with Crippen molar-refractivity contribution in [1.29, 1.82) is 0 Å². The van der Waals surface area contributed by atoms with Gasteiger partial charge in [-0.1, -0.05) is 11.6 Å². The number of carbonyl (C=O) groups excluding carboxylic acids is 3. The molecule has 2 atom stereocenters. The Bertz CT molecular complexity index is 581. The molecule has 0 saturated carbocycles. The van der Waals surface area contributed by atoms with Crippen LogP contribution in [-0.4, -0.2) is 73.2 Å². The maximum absolute atomic E-state index is 13.4. The molecule has 1 saturated heterocycles. The molecule has 0 radical (unpaired) electrons. The van der Waals surface area contributed by atoms with E-state index in [1.165, 1.54) is 10.2 Å². The van der Waals surface area contributed by atoms with E-state index in [1.54, 1.807) is 6.92 Å². The molecule has 0 spiro atoms. The third kappa shape index (κ3) is 5.58. The van der Waals surface area contributed by atoms with Gasteiger partial charge in [-0.25, -0.2) is 18.8 Å². The van der Waals surface area contributed by atoms with Gasteiger partial charge in [0.05, 0.1) is 12.6 Å². The third-order valence-electron chi connectivity index (χ3n) is 3.25. The fourth-order valence-corrected chi connectivity index (χ4v) is 2.21. The molecule has 2 heterocycles. The summed E-state index contributed by atoms with van der Waals surface area (Å²) in [6, 6.07) is -0.779. The first-order chi connectivity index (χ1) is 12.0. The zero-order valence-electron chi connectivity index (χ0n) is 14.3. The molecule has 8 nitrogen and oxygen atoms in total. The van der Waals surface area contributed by atoms with Crippen molar-refractivity contribution in [3.8, 4) is 0 Å². The Balaban J connectivity index is 0.000000359. The average Bonchev–Trinajstić information content (AvgIpc) is 2.77. The van der Waals surface area contributed by atoms with Crippen LogP contribution in [0.15, 0.2) is 11.6 Å². The van der Waals surface area contributed by atoms with E-state index in [4.69, 9.17) is 4.84 Å². The molecule has 26 heavy (non-hydrogen) atoms. The van der Waals surface area contributed by atoms with Gasteiger partial charge in [0.25, 0.3) is 0 Å². The number of fused-ring (bicyclic) bond motifs is 2. The van der Waals surface area contributed by atoms with Gasteiger partial charge in [0.2, 0.25) is 0 Å². The van der Waals surface area contributed by atoms with Crippen molar-refractivity contribution < 1.29 is 41.5 Å². The molecule has 1 N–H and O–H groups in total. The molecule has 2 bridgehead atoms. The van der Waals surface area contributed by atoms with E-state index in [-0.39, 0.29) is 12.6 Å². The predicted molar refractivity (Wildman–Crippen MR) is 79.1 cm³/mol. The summed E-state index contributed by atoms with van der Waals surface area (Å²) in [5.41, 5.74) is 1.01. The molecule has 0 aromatic heterocycles. The molecule has 2 aliphatic heterocycles. The highest BCUT2D eigenvalue weighted by atomic mass is 19.4. The highest BCUT2D eigenvalue weighted by Crippen LogP contribution is 2.25. The fraction of sp³-hybridized carbons (Fsp3) is 0.643. The number of esters is 1. The first-order valence-corrected chi connectivity index (χ1v) is 7.53. The highest BCUT2D eigenvalue weighted by molar-refractivity contribution is 5.81. The van der Waals surface area contributed by atoms with Crippen LogP contribution in [0, 0.1) is 0 Å². The molecule has 148 valence electrons. The van der Waals surface area contributed by atoms with Crippen LogP contribution in [0.5, 0.6) is 0 Å². The van der Waals surface area contributed by atoms with Gasteiger partial charge in [-0.2, -0.15) is 18.2 Å². The quantitative estimate of drug-likeness (QED) is 0.445. The number of hydrogen-bond donors (Lipinski definition) is 1. The Morgan fingerprint density at radius 1 is 1.42 bits per heavy atom. The Morgan fingerprint density at radius 3 is 2.50 bits per heavy atom. The van der Waals surface area contributed by atoms with Gasteiger partial charge >= 0.3 is 30.4 Å². The standard InChI is InChI=1S/C11H15FN2O4.C3H4F3NO/c1-3-17-10(15)9(12)18-14-8-4-7(2)5-13(6-8)11(14)16;1-7-2(8)3(4,5)6/h4,8-9H,3,5-6H2,1-2H3;1H3,(H,7,8). The minimum absolute atomic E-state index is 0.0606. The summed E-state index contributed by atoms with van der Waals surface area (Å²) in [6.45, 7) is 4.47. The molecule has 1 fully saturated rings. The Hall–Kier alpha value is -2.37. The van der Waals surface area contributed by atoms with Crippen LogP contribution in [0.2, 0.25) is 0 Å². The molecule has 2 rings (SSSR count). The number of nitrogens with one attached hydrogen (secondary N) is 1. The average molecular weight is 385 g/mol. The van der Waals surface area contributed by atoms with E-state index < -0.39 is 30.4 Å². The van der Waals surface area contributed by atoms with Gasteiger partial charge in [0.15, 0.2) is 0 Å². The lowest BCUT2D eigenvalue weighted by molar-refractivity contribution is -0.223. The number of rotatable bonds is 4. The zero-order valence-corrected chi connectivity index (χ0v) is 14.3. The Morgan fingerprint density at radius 2 is 2.04 bits per heavy atom. The van der Waals surface area contributed by atoms with Crippen LogP contribution in [0.1, 0.15) is 13.8 Å². The minimum atomic E-state index is -4.74. The smallest absolute Gasteiger partial charge is 0.462 e. The van der Waals surface area contributed by atoms with Crippen LogP contribution < -0.4 is 5.32 Å². The number of alkyl halides is 4. The second kappa shape index (κ2) is 8.83. The maximum Gasteiger partial charge on any atom is 0.471 e. The maximum atomic E-state index is 13.4. The summed E-state index contributed by atoms with van der Waals surface area (Å²) in [5, 5.41) is 2.34. The van der Waals surface area contributed by atoms with Gasteiger partial charge < -0.3 is 15.0 Å². The van der Waals surface area contributed by atoms with Crippen molar-refractivity contribution in [2.45, 2.75) is 32.4 Å².